The first-order chi connectivity index (χ1) is 10.2. The molecule has 0 aliphatic rings. The summed E-state index contributed by atoms with van der Waals surface area (Å²) in [5, 5.41) is 11.0. The molecule has 0 saturated carbocycles. The van der Waals surface area contributed by atoms with Crippen LogP contribution in [0.4, 0.5) is 10.1 Å². The Bertz CT molecular complexity index is 835. The fourth-order valence-electron chi connectivity index (χ4n) is 1.97. The summed E-state index contributed by atoms with van der Waals surface area (Å²) < 4.78 is 38.7. The van der Waals surface area contributed by atoms with Gasteiger partial charge in [0.2, 0.25) is 5.82 Å². The molecule has 0 N–H and O–H groups in total. The van der Waals surface area contributed by atoms with E-state index in [-0.39, 0.29) is 14.9 Å². The Kier molecular flexibility index (Phi) is 4.62. The molecule has 2 aromatic carbocycles. The van der Waals surface area contributed by atoms with Gasteiger partial charge in [-0.25, -0.2) is 8.42 Å². The van der Waals surface area contributed by atoms with Crippen LogP contribution in [0.15, 0.2) is 45.8 Å². The van der Waals surface area contributed by atoms with Gasteiger partial charge in [-0.05, 0) is 31.2 Å². The molecule has 116 valence electrons. The van der Waals surface area contributed by atoms with Crippen molar-refractivity contribution in [3.63, 3.8) is 0 Å². The highest BCUT2D eigenvalue weighted by Gasteiger charge is 2.26. The maximum absolute atomic E-state index is 13.7. The zero-order valence-electron chi connectivity index (χ0n) is 11.4. The molecule has 0 fully saturated rings. The van der Waals surface area contributed by atoms with Crippen molar-refractivity contribution in [3.8, 4) is 0 Å². The van der Waals surface area contributed by atoms with E-state index in [9.17, 15) is 22.9 Å². The summed E-state index contributed by atoms with van der Waals surface area (Å²) in [5.41, 5.74) is -0.130. The van der Waals surface area contributed by atoms with Crippen LogP contribution in [0.2, 0.25) is 0 Å². The second-order valence-corrected chi connectivity index (χ2v) is 7.63. The van der Waals surface area contributed by atoms with Crippen molar-refractivity contribution in [1.82, 2.24) is 0 Å². The molecule has 0 heterocycles. The zero-order chi connectivity index (χ0) is 16.5. The second kappa shape index (κ2) is 6.13. The highest BCUT2D eigenvalue weighted by Crippen LogP contribution is 2.30. The van der Waals surface area contributed by atoms with Gasteiger partial charge in [-0.1, -0.05) is 33.6 Å². The number of nitro groups is 1. The second-order valence-electron chi connectivity index (χ2n) is 4.72. The van der Waals surface area contributed by atoms with Gasteiger partial charge in [-0.15, -0.1) is 0 Å². The highest BCUT2D eigenvalue weighted by atomic mass is 79.9. The van der Waals surface area contributed by atoms with Crippen LogP contribution in [0.5, 0.6) is 0 Å². The smallest absolute Gasteiger partial charge is 0.258 e. The van der Waals surface area contributed by atoms with Gasteiger partial charge in [0.15, 0.2) is 9.84 Å². The van der Waals surface area contributed by atoms with Gasteiger partial charge in [0.25, 0.3) is 0 Å². The van der Waals surface area contributed by atoms with Crippen molar-refractivity contribution >= 4 is 31.5 Å². The Balaban J connectivity index is 2.50. The van der Waals surface area contributed by atoms with Crippen LogP contribution in [0.25, 0.3) is 0 Å². The number of hydrogen-bond donors (Lipinski definition) is 0. The lowest BCUT2D eigenvalue weighted by Gasteiger charge is -2.07. The number of sulfone groups is 1. The maximum atomic E-state index is 13.7. The number of nitro benzene ring substituents is 1. The first-order valence-corrected chi connectivity index (χ1v) is 8.57. The van der Waals surface area contributed by atoms with Crippen LogP contribution >= 0.6 is 15.9 Å². The van der Waals surface area contributed by atoms with Crippen LogP contribution in [0, 0.1) is 22.9 Å². The predicted octanol–water partition coefficient (Wildman–Crippen LogP) is 3.78. The van der Waals surface area contributed by atoms with Crippen LogP contribution < -0.4 is 0 Å². The van der Waals surface area contributed by atoms with E-state index in [1.165, 1.54) is 18.2 Å². The van der Waals surface area contributed by atoms with E-state index in [4.69, 9.17) is 0 Å². The summed E-state index contributed by atoms with van der Waals surface area (Å²) in [6.45, 7) is 1.81. The summed E-state index contributed by atoms with van der Waals surface area (Å²) in [6, 6.07) is 8.27. The molecule has 0 unspecified atom stereocenters. The summed E-state index contributed by atoms with van der Waals surface area (Å²) in [6.07, 6.45) is 0. The van der Waals surface area contributed by atoms with E-state index < -0.39 is 32.0 Å². The summed E-state index contributed by atoms with van der Waals surface area (Å²) >= 11 is 3.01. The molecule has 0 radical (unpaired) electrons. The fraction of sp³-hybridized carbons (Fsp3) is 0.143. The van der Waals surface area contributed by atoms with Gasteiger partial charge in [-0.3, -0.25) is 10.1 Å². The number of hydrogen-bond acceptors (Lipinski definition) is 4. The van der Waals surface area contributed by atoms with E-state index >= 15 is 0 Å². The molecule has 0 aliphatic heterocycles. The summed E-state index contributed by atoms with van der Waals surface area (Å²) in [5.74, 6) is -1.73. The van der Waals surface area contributed by atoms with E-state index in [0.29, 0.717) is 0 Å². The largest absolute Gasteiger partial charge is 0.309 e. The molecule has 0 aromatic heterocycles. The molecular formula is C14H11BrFNO4S. The van der Waals surface area contributed by atoms with Gasteiger partial charge in [-0.2, -0.15) is 4.39 Å². The Hall–Kier alpha value is -1.80. The molecule has 2 aromatic rings. The number of nitrogens with zero attached hydrogens (tertiary/aromatic N) is 1. The Labute approximate surface area is 135 Å². The van der Waals surface area contributed by atoms with Crippen LogP contribution in [0.1, 0.15) is 11.1 Å². The first kappa shape index (κ1) is 16.6. The number of rotatable bonds is 4. The van der Waals surface area contributed by atoms with E-state index in [0.717, 1.165) is 11.6 Å². The van der Waals surface area contributed by atoms with E-state index in [1.54, 1.807) is 12.1 Å². The van der Waals surface area contributed by atoms with Crippen molar-refractivity contribution in [3.05, 3.63) is 67.9 Å². The first-order valence-electron chi connectivity index (χ1n) is 6.12. The average molecular weight is 388 g/mol. The Morgan fingerprint density at radius 1 is 1.23 bits per heavy atom. The van der Waals surface area contributed by atoms with Crippen molar-refractivity contribution in [2.45, 2.75) is 17.6 Å². The molecule has 0 atom stereocenters. The average Bonchev–Trinajstić information content (AvgIpc) is 2.37. The van der Waals surface area contributed by atoms with Crippen LogP contribution in [0.3, 0.4) is 0 Å². The van der Waals surface area contributed by atoms with Gasteiger partial charge < -0.3 is 0 Å². The van der Waals surface area contributed by atoms with Crippen molar-refractivity contribution in [2.75, 3.05) is 0 Å². The molecule has 0 spiro atoms. The summed E-state index contributed by atoms with van der Waals surface area (Å²) in [4.78, 5) is 10.1. The minimum absolute atomic E-state index is 0.0350. The SMILES string of the molecule is Cc1ccc(S(=O)(=O)Cc2cc(Br)cc(F)c2[N+](=O)[O-])cc1. The number of halogens is 2. The number of benzene rings is 2. The Morgan fingerprint density at radius 3 is 2.36 bits per heavy atom. The topological polar surface area (TPSA) is 77.3 Å². The minimum atomic E-state index is -3.81. The van der Waals surface area contributed by atoms with Gasteiger partial charge in [0.1, 0.15) is 0 Å². The third-order valence-corrected chi connectivity index (χ3v) is 5.15. The van der Waals surface area contributed by atoms with E-state index in [2.05, 4.69) is 15.9 Å². The van der Waals surface area contributed by atoms with Crippen molar-refractivity contribution in [1.29, 1.82) is 0 Å². The molecule has 0 aliphatic carbocycles. The fourth-order valence-corrected chi connectivity index (χ4v) is 3.79. The van der Waals surface area contributed by atoms with Gasteiger partial charge >= 0.3 is 5.69 Å². The number of aryl methyl sites for hydroxylation is 1. The lowest BCUT2D eigenvalue weighted by atomic mass is 10.2. The third-order valence-electron chi connectivity index (χ3n) is 3.02. The normalized spacial score (nSPS) is 11.4. The Morgan fingerprint density at radius 2 is 1.82 bits per heavy atom. The van der Waals surface area contributed by atoms with Crippen molar-refractivity contribution in [2.24, 2.45) is 0 Å². The molecule has 22 heavy (non-hydrogen) atoms. The lowest BCUT2D eigenvalue weighted by Crippen LogP contribution is -2.08. The lowest BCUT2D eigenvalue weighted by molar-refractivity contribution is -0.388. The van der Waals surface area contributed by atoms with Gasteiger partial charge in [0.05, 0.1) is 15.6 Å². The molecule has 2 rings (SSSR count). The quantitative estimate of drug-likeness (QED) is 0.590. The minimum Gasteiger partial charge on any atom is -0.258 e. The maximum Gasteiger partial charge on any atom is 0.309 e. The molecule has 0 amide bonds. The van der Waals surface area contributed by atoms with Gasteiger partial charge in [0, 0.05) is 10.0 Å². The molecule has 8 heteroatoms. The summed E-state index contributed by atoms with van der Waals surface area (Å²) in [7, 11) is -3.81. The molecule has 5 nitrogen and oxygen atoms in total. The predicted molar refractivity (Wildman–Crippen MR) is 82.8 cm³/mol. The van der Waals surface area contributed by atoms with Crippen LogP contribution in [-0.4, -0.2) is 13.3 Å². The standard InChI is InChI=1S/C14H11BrFNO4S/c1-9-2-4-12(5-3-9)22(20,21)8-10-6-11(15)7-13(16)14(10)17(18)19/h2-7H,8H2,1H3. The highest BCUT2D eigenvalue weighted by molar-refractivity contribution is 9.10. The third kappa shape index (κ3) is 3.50. The monoisotopic (exact) mass is 387 g/mol. The molecule has 0 saturated heterocycles. The van der Waals surface area contributed by atoms with E-state index in [1.807, 2.05) is 6.92 Å². The molecule has 0 bridgehead atoms. The molecular weight excluding hydrogens is 377 g/mol. The van der Waals surface area contributed by atoms with Crippen molar-refractivity contribution < 1.29 is 17.7 Å². The van der Waals surface area contributed by atoms with Crippen LogP contribution in [-0.2, 0) is 15.6 Å². The zero-order valence-corrected chi connectivity index (χ0v) is 13.8.